The van der Waals surface area contributed by atoms with Crippen molar-refractivity contribution in [3.05, 3.63) is 70.5 Å². The minimum atomic E-state index is 1.08. The standard InChI is InChI=1S/C15H12BrN/c16-14-9-7-13(8-10-14)15-6-2-1-4-12(15)5-3-11-17/h1-2,4-11H,17H2. The molecule has 0 aromatic heterocycles. The lowest BCUT2D eigenvalue weighted by Crippen LogP contribution is -1.82. The minimum absolute atomic E-state index is 1.08. The molecular formula is C15H12BrN. The molecule has 0 unspecified atom stereocenters. The van der Waals surface area contributed by atoms with Gasteiger partial charge in [0.15, 0.2) is 0 Å². The summed E-state index contributed by atoms with van der Waals surface area (Å²) in [5.41, 5.74) is 11.7. The van der Waals surface area contributed by atoms with E-state index in [9.17, 15) is 0 Å². The van der Waals surface area contributed by atoms with Crippen molar-refractivity contribution in [3.63, 3.8) is 0 Å². The summed E-state index contributed by atoms with van der Waals surface area (Å²) in [6.45, 7) is 0. The molecule has 0 atom stereocenters. The Morgan fingerprint density at radius 2 is 1.71 bits per heavy atom. The van der Waals surface area contributed by atoms with Gasteiger partial charge in [-0.3, -0.25) is 0 Å². The molecule has 2 N–H and O–H groups in total. The average Bonchev–Trinajstić information content (AvgIpc) is 2.38. The molecule has 0 bridgehead atoms. The lowest BCUT2D eigenvalue weighted by molar-refractivity contribution is 1.57. The summed E-state index contributed by atoms with van der Waals surface area (Å²) >= 11 is 3.44. The number of halogens is 1. The van der Waals surface area contributed by atoms with Gasteiger partial charge in [-0.2, -0.15) is 0 Å². The largest absolute Gasteiger partial charge is 0.398 e. The molecule has 0 saturated carbocycles. The first kappa shape index (κ1) is 11.7. The first-order chi connectivity index (χ1) is 8.31. The van der Waals surface area contributed by atoms with Crippen molar-refractivity contribution in [1.82, 2.24) is 0 Å². The van der Waals surface area contributed by atoms with Crippen LogP contribution in [0.1, 0.15) is 5.56 Å². The smallest absolute Gasteiger partial charge is 0.0371 e. The van der Waals surface area contributed by atoms with Crippen LogP contribution in [0.25, 0.3) is 17.2 Å². The maximum atomic E-state index is 5.31. The number of rotatable bonds is 2. The highest BCUT2D eigenvalue weighted by Crippen LogP contribution is 2.25. The lowest BCUT2D eigenvalue weighted by atomic mass is 10.00. The quantitative estimate of drug-likeness (QED) is 0.823. The van der Waals surface area contributed by atoms with Crippen LogP contribution in [-0.4, -0.2) is 0 Å². The van der Waals surface area contributed by atoms with Crippen LogP contribution in [-0.2, 0) is 0 Å². The lowest BCUT2D eigenvalue weighted by Gasteiger charge is -2.05. The average molecular weight is 286 g/mol. The molecule has 17 heavy (non-hydrogen) atoms. The number of hydrogen-bond acceptors (Lipinski definition) is 1. The molecule has 1 nitrogen and oxygen atoms in total. The van der Waals surface area contributed by atoms with Crippen LogP contribution in [0.15, 0.2) is 64.9 Å². The predicted molar refractivity (Wildman–Crippen MR) is 76.3 cm³/mol. The second kappa shape index (κ2) is 5.53. The fourth-order valence-electron chi connectivity index (χ4n) is 1.65. The van der Waals surface area contributed by atoms with Gasteiger partial charge in [-0.25, -0.2) is 0 Å². The Kier molecular flexibility index (Phi) is 3.81. The van der Waals surface area contributed by atoms with Gasteiger partial charge in [-0.05, 0) is 34.9 Å². The van der Waals surface area contributed by atoms with Crippen molar-refractivity contribution in [2.75, 3.05) is 0 Å². The molecule has 2 rings (SSSR count). The fraction of sp³-hybridized carbons (Fsp3) is 0. The molecule has 2 heteroatoms. The van der Waals surface area contributed by atoms with Crippen molar-refractivity contribution in [3.8, 4) is 11.1 Å². The highest BCUT2D eigenvalue weighted by Gasteiger charge is 2.01. The Bertz CT molecular complexity index is 564. The first-order valence-corrected chi connectivity index (χ1v) is 6.08. The van der Waals surface area contributed by atoms with E-state index >= 15 is 0 Å². The number of benzene rings is 2. The van der Waals surface area contributed by atoms with Crippen molar-refractivity contribution in [2.24, 2.45) is 5.73 Å². The normalized spacial score (nSPS) is 9.47. The van der Waals surface area contributed by atoms with Crippen molar-refractivity contribution in [1.29, 1.82) is 0 Å². The van der Waals surface area contributed by atoms with Gasteiger partial charge < -0.3 is 5.73 Å². The zero-order valence-corrected chi connectivity index (χ0v) is 10.8. The predicted octanol–water partition coefficient (Wildman–Crippen LogP) is 4.20. The van der Waals surface area contributed by atoms with Gasteiger partial charge in [-0.1, -0.05) is 52.3 Å². The Balaban J connectivity index is 2.51. The van der Waals surface area contributed by atoms with Gasteiger partial charge in [0.05, 0.1) is 0 Å². The summed E-state index contributed by atoms with van der Waals surface area (Å²) in [5, 5.41) is 0. The van der Waals surface area contributed by atoms with E-state index in [-0.39, 0.29) is 0 Å². The van der Waals surface area contributed by atoms with E-state index in [2.05, 4.69) is 39.9 Å². The van der Waals surface area contributed by atoms with E-state index in [0.29, 0.717) is 0 Å². The third kappa shape index (κ3) is 2.88. The second-order valence-corrected chi connectivity index (χ2v) is 4.49. The zero-order chi connectivity index (χ0) is 12.1. The van der Waals surface area contributed by atoms with Gasteiger partial charge in [0, 0.05) is 10.7 Å². The van der Waals surface area contributed by atoms with E-state index in [1.54, 1.807) is 0 Å². The maximum absolute atomic E-state index is 5.31. The van der Waals surface area contributed by atoms with E-state index < -0.39 is 0 Å². The minimum Gasteiger partial charge on any atom is -0.398 e. The van der Waals surface area contributed by atoms with Crippen LogP contribution in [0.3, 0.4) is 0 Å². The first-order valence-electron chi connectivity index (χ1n) is 5.29. The molecule has 0 aliphatic carbocycles. The van der Waals surface area contributed by atoms with Crippen molar-refractivity contribution >= 4 is 22.0 Å². The summed E-state index contributed by atoms with van der Waals surface area (Å²) < 4.78 is 1.08. The van der Waals surface area contributed by atoms with E-state index in [0.717, 1.165) is 10.0 Å². The highest BCUT2D eigenvalue weighted by atomic mass is 79.9. The number of hydrogen-bond donors (Lipinski definition) is 1. The molecule has 0 amide bonds. The molecule has 0 heterocycles. The monoisotopic (exact) mass is 285 g/mol. The van der Waals surface area contributed by atoms with Crippen LogP contribution >= 0.6 is 15.9 Å². The Morgan fingerprint density at radius 3 is 2.41 bits per heavy atom. The van der Waals surface area contributed by atoms with E-state index in [4.69, 9.17) is 5.73 Å². The molecule has 0 aliphatic rings. The van der Waals surface area contributed by atoms with E-state index in [1.807, 2.05) is 36.4 Å². The Morgan fingerprint density at radius 1 is 1.00 bits per heavy atom. The number of nitrogens with two attached hydrogens (primary N) is 1. The van der Waals surface area contributed by atoms with Crippen LogP contribution in [0.5, 0.6) is 0 Å². The molecular weight excluding hydrogens is 274 g/mol. The van der Waals surface area contributed by atoms with Crippen LogP contribution < -0.4 is 5.73 Å². The molecule has 0 fully saturated rings. The van der Waals surface area contributed by atoms with Gasteiger partial charge in [0.25, 0.3) is 0 Å². The molecule has 0 saturated heterocycles. The Hall–Kier alpha value is -1.76. The molecule has 2 aromatic carbocycles. The molecule has 2 aromatic rings. The van der Waals surface area contributed by atoms with Gasteiger partial charge in [-0.15, -0.1) is 5.73 Å². The molecule has 84 valence electrons. The molecule has 0 spiro atoms. The fourth-order valence-corrected chi connectivity index (χ4v) is 1.92. The van der Waals surface area contributed by atoms with E-state index in [1.165, 1.54) is 17.3 Å². The topological polar surface area (TPSA) is 26.0 Å². The summed E-state index contributed by atoms with van der Waals surface area (Å²) in [5.74, 6) is 0. The van der Waals surface area contributed by atoms with Gasteiger partial charge in [0.2, 0.25) is 0 Å². The Labute approximate surface area is 109 Å². The zero-order valence-electron chi connectivity index (χ0n) is 9.23. The third-order valence-electron chi connectivity index (χ3n) is 2.45. The van der Waals surface area contributed by atoms with Gasteiger partial charge in [0.1, 0.15) is 0 Å². The van der Waals surface area contributed by atoms with Gasteiger partial charge >= 0.3 is 0 Å². The summed E-state index contributed by atoms with van der Waals surface area (Å²) in [7, 11) is 0. The van der Waals surface area contributed by atoms with Crippen molar-refractivity contribution < 1.29 is 0 Å². The molecule has 0 radical (unpaired) electrons. The highest BCUT2D eigenvalue weighted by molar-refractivity contribution is 9.10. The summed E-state index contributed by atoms with van der Waals surface area (Å²) in [4.78, 5) is 0. The molecule has 0 aliphatic heterocycles. The maximum Gasteiger partial charge on any atom is 0.0371 e. The summed E-state index contributed by atoms with van der Waals surface area (Å²) in [6, 6.07) is 16.4. The van der Waals surface area contributed by atoms with Crippen LogP contribution in [0.2, 0.25) is 0 Å². The van der Waals surface area contributed by atoms with Crippen LogP contribution in [0, 0.1) is 0 Å². The second-order valence-electron chi connectivity index (χ2n) is 3.57. The third-order valence-corrected chi connectivity index (χ3v) is 2.98. The summed E-state index contributed by atoms with van der Waals surface area (Å²) in [6.07, 6.45) is 3.30. The van der Waals surface area contributed by atoms with Crippen LogP contribution in [0.4, 0.5) is 0 Å². The SMILES string of the molecule is NC=C=Cc1ccccc1-c1ccc(Br)cc1. The van der Waals surface area contributed by atoms with Crippen molar-refractivity contribution in [2.45, 2.75) is 0 Å².